The third kappa shape index (κ3) is 2.64. The number of hydrogen-bond acceptors (Lipinski definition) is 3. The summed E-state index contributed by atoms with van der Waals surface area (Å²) in [5.74, 6) is -0.785. The van der Waals surface area contributed by atoms with E-state index in [0.717, 1.165) is 29.9 Å². The van der Waals surface area contributed by atoms with Crippen LogP contribution in [0.1, 0.15) is 11.1 Å². The van der Waals surface area contributed by atoms with Crippen molar-refractivity contribution in [2.45, 2.75) is 5.79 Å². The van der Waals surface area contributed by atoms with E-state index in [1.807, 2.05) is 66.7 Å². The number of hydrogen-bond donors (Lipinski definition) is 1. The lowest BCUT2D eigenvalue weighted by Crippen LogP contribution is -2.43. The zero-order chi connectivity index (χ0) is 16.4. The summed E-state index contributed by atoms with van der Waals surface area (Å²) in [4.78, 5) is 0. The van der Waals surface area contributed by atoms with E-state index in [0.29, 0.717) is 19.0 Å². The lowest BCUT2D eigenvalue weighted by atomic mass is 10.0. The van der Waals surface area contributed by atoms with E-state index in [9.17, 15) is 5.11 Å². The predicted molar refractivity (Wildman–Crippen MR) is 91.7 cm³/mol. The van der Waals surface area contributed by atoms with Gasteiger partial charge in [-0.15, -0.1) is 0 Å². The number of nitrogens with zero attached hydrogens (tertiary/aromatic N) is 1. The molecule has 0 aliphatic carbocycles. The van der Waals surface area contributed by atoms with Crippen LogP contribution in [0.25, 0.3) is 5.76 Å². The molecule has 2 aliphatic rings. The van der Waals surface area contributed by atoms with Crippen LogP contribution in [0.5, 0.6) is 0 Å². The van der Waals surface area contributed by atoms with Crippen LogP contribution in [0.2, 0.25) is 0 Å². The van der Waals surface area contributed by atoms with Crippen molar-refractivity contribution in [1.29, 1.82) is 0 Å². The molecule has 2 aromatic carbocycles. The van der Waals surface area contributed by atoms with E-state index in [2.05, 4.69) is 4.58 Å². The molecule has 2 aliphatic heterocycles. The van der Waals surface area contributed by atoms with Crippen LogP contribution in [0, 0.1) is 0 Å². The Labute approximate surface area is 141 Å². The average molecular weight is 322 g/mol. The number of aliphatic hydroxyl groups is 1. The normalized spacial score (nSPS) is 23.8. The largest absolute Gasteiger partial charge is 0.448 e. The molecule has 0 bridgehead atoms. The summed E-state index contributed by atoms with van der Waals surface area (Å²) in [6.45, 7) is 2.80. The first kappa shape index (κ1) is 15.1. The fourth-order valence-corrected chi connectivity index (χ4v) is 3.19. The van der Waals surface area contributed by atoms with Crippen molar-refractivity contribution in [1.82, 2.24) is 0 Å². The van der Waals surface area contributed by atoms with Crippen LogP contribution in [0.3, 0.4) is 0 Å². The fraction of sp³-hybridized carbons (Fsp3) is 0.250. The summed E-state index contributed by atoms with van der Waals surface area (Å²) in [5.41, 5.74) is 2.46. The van der Waals surface area contributed by atoms with Gasteiger partial charge in [0.25, 0.3) is 5.71 Å². The van der Waals surface area contributed by atoms with E-state index in [-0.39, 0.29) is 0 Å². The van der Waals surface area contributed by atoms with Crippen molar-refractivity contribution >= 4 is 11.5 Å². The maximum absolute atomic E-state index is 11.4. The zero-order valence-electron chi connectivity index (χ0n) is 13.4. The Balaban J connectivity index is 1.82. The van der Waals surface area contributed by atoms with Crippen LogP contribution in [-0.2, 0) is 15.3 Å². The molecular weight excluding hydrogens is 302 g/mol. The van der Waals surface area contributed by atoms with Gasteiger partial charge in [-0.1, -0.05) is 60.7 Å². The molecule has 122 valence electrons. The van der Waals surface area contributed by atoms with E-state index >= 15 is 0 Å². The van der Waals surface area contributed by atoms with Crippen LogP contribution in [-0.4, -0.2) is 41.7 Å². The molecule has 1 fully saturated rings. The Kier molecular flexibility index (Phi) is 3.92. The number of morpholine rings is 1. The Morgan fingerprint density at radius 3 is 2.17 bits per heavy atom. The quantitative estimate of drug-likeness (QED) is 0.863. The molecule has 4 heteroatoms. The maximum atomic E-state index is 11.4. The molecule has 1 atom stereocenters. The average Bonchev–Trinajstić information content (AvgIpc) is 3.03. The van der Waals surface area contributed by atoms with Crippen molar-refractivity contribution in [3.63, 3.8) is 0 Å². The molecule has 0 aromatic heterocycles. The number of ether oxygens (including phenoxy) is 2. The minimum absolute atomic E-state index is 0.656. The lowest BCUT2D eigenvalue weighted by molar-refractivity contribution is -0.554. The lowest BCUT2D eigenvalue weighted by Gasteiger charge is -2.24. The highest BCUT2D eigenvalue weighted by Crippen LogP contribution is 2.37. The van der Waals surface area contributed by atoms with Crippen molar-refractivity contribution in [2.24, 2.45) is 0 Å². The molecule has 0 spiro atoms. The van der Waals surface area contributed by atoms with Gasteiger partial charge in [-0.3, -0.25) is 0 Å². The van der Waals surface area contributed by atoms with Crippen molar-refractivity contribution in [3.8, 4) is 0 Å². The Morgan fingerprint density at radius 1 is 0.875 bits per heavy atom. The second kappa shape index (κ2) is 6.23. The van der Waals surface area contributed by atoms with Gasteiger partial charge in [0.1, 0.15) is 19.0 Å². The maximum Gasteiger partial charge on any atom is 0.321 e. The first-order valence-corrected chi connectivity index (χ1v) is 8.21. The first-order valence-electron chi connectivity index (χ1n) is 8.21. The third-order valence-corrected chi connectivity index (χ3v) is 4.45. The monoisotopic (exact) mass is 322 g/mol. The molecule has 2 aromatic rings. The van der Waals surface area contributed by atoms with Crippen molar-refractivity contribution in [2.75, 3.05) is 26.3 Å². The Hall–Kier alpha value is -2.43. The number of rotatable bonds is 2. The molecule has 0 amide bonds. The number of benzene rings is 2. The molecule has 4 nitrogen and oxygen atoms in total. The van der Waals surface area contributed by atoms with E-state index in [1.165, 1.54) is 0 Å². The van der Waals surface area contributed by atoms with E-state index in [1.54, 1.807) is 0 Å². The smallest absolute Gasteiger partial charge is 0.321 e. The summed E-state index contributed by atoms with van der Waals surface area (Å²) < 4.78 is 13.7. The van der Waals surface area contributed by atoms with Crippen LogP contribution < -0.4 is 0 Å². The van der Waals surface area contributed by atoms with Gasteiger partial charge in [0, 0.05) is 11.1 Å². The summed E-state index contributed by atoms with van der Waals surface area (Å²) >= 11 is 0. The van der Waals surface area contributed by atoms with Crippen LogP contribution >= 0.6 is 0 Å². The summed E-state index contributed by atoms with van der Waals surface area (Å²) in [7, 11) is 0. The molecule has 1 N–H and O–H groups in total. The second-order valence-electron chi connectivity index (χ2n) is 5.97. The molecule has 1 unspecified atom stereocenters. The SMILES string of the molecule is OC1(c2ccccc2)OC(c2ccccc2)=CC1=[N+]1CCOCC1. The van der Waals surface area contributed by atoms with Gasteiger partial charge in [0.15, 0.2) is 13.1 Å². The Bertz CT molecular complexity index is 775. The summed E-state index contributed by atoms with van der Waals surface area (Å²) in [5, 5.41) is 11.4. The standard InChI is InChI=1S/C20H20NO3/c22-20(17-9-5-2-6-10-17)19(21-11-13-23-14-12-21)15-18(24-20)16-7-3-1-4-8-16/h1-10,15,22H,11-14H2/q+1. The minimum atomic E-state index is -1.47. The molecule has 2 heterocycles. The van der Waals surface area contributed by atoms with Gasteiger partial charge in [-0.2, -0.15) is 0 Å². The molecule has 0 radical (unpaired) electrons. The van der Waals surface area contributed by atoms with E-state index < -0.39 is 5.79 Å². The third-order valence-electron chi connectivity index (χ3n) is 4.45. The Morgan fingerprint density at radius 2 is 1.50 bits per heavy atom. The van der Waals surface area contributed by atoms with E-state index in [4.69, 9.17) is 9.47 Å². The van der Waals surface area contributed by atoms with Gasteiger partial charge in [0.2, 0.25) is 0 Å². The summed E-state index contributed by atoms with van der Waals surface area (Å²) in [6.07, 6.45) is 1.95. The highest BCUT2D eigenvalue weighted by atomic mass is 16.6. The topological polar surface area (TPSA) is 41.7 Å². The second-order valence-corrected chi connectivity index (χ2v) is 5.97. The first-order chi connectivity index (χ1) is 11.8. The molecule has 4 rings (SSSR count). The van der Waals surface area contributed by atoms with Crippen molar-refractivity contribution < 1.29 is 19.2 Å². The van der Waals surface area contributed by atoms with Crippen LogP contribution in [0.4, 0.5) is 0 Å². The highest BCUT2D eigenvalue weighted by molar-refractivity contribution is 6.05. The van der Waals surface area contributed by atoms with Gasteiger partial charge < -0.3 is 14.6 Å². The molecule has 0 saturated carbocycles. The predicted octanol–water partition coefficient (Wildman–Crippen LogP) is 2.39. The van der Waals surface area contributed by atoms with Gasteiger partial charge in [-0.25, -0.2) is 4.58 Å². The molecular formula is C20H20NO3+. The minimum Gasteiger partial charge on any atom is -0.448 e. The van der Waals surface area contributed by atoms with Crippen molar-refractivity contribution in [3.05, 3.63) is 77.9 Å². The zero-order valence-corrected chi connectivity index (χ0v) is 13.4. The highest BCUT2D eigenvalue weighted by Gasteiger charge is 2.49. The molecule has 24 heavy (non-hydrogen) atoms. The van der Waals surface area contributed by atoms with Gasteiger partial charge in [-0.05, 0) is 0 Å². The molecule has 1 saturated heterocycles. The van der Waals surface area contributed by atoms with Crippen LogP contribution in [0.15, 0.2) is 66.7 Å². The summed E-state index contributed by atoms with van der Waals surface area (Å²) in [6, 6.07) is 19.4. The fourth-order valence-electron chi connectivity index (χ4n) is 3.19. The van der Waals surface area contributed by atoms with Gasteiger partial charge >= 0.3 is 5.79 Å². The van der Waals surface area contributed by atoms with Gasteiger partial charge in [0.05, 0.1) is 6.08 Å².